The number of carbonyl (C=O) groups excluding carboxylic acids is 2. The standard InChI is InChI=1S/C31H39N3O5S/c1-6-39-28-16-18-29(19-17-28)40(37,38)34(27-14-12-24(4)13-15-27)22-30(35)33(25(5)31(36)32-23(2)3)21-20-26-10-8-7-9-11-26/h7-19,23,25H,6,20-22H2,1-5H3,(H,32,36)/t25-/m1/s1. The normalized spacial score (nSPS) is 12.1. The molecule has 0 aliphatic carbocycles. The Balaban J connectivity index is 1.97. The number of hydrogen-bond acceptors (Lipinski definition) is 5. The summed E-state index contributed by atoms with van der Waals surface area (Å²) in [5.41, 5.74) is 2.32. The molecule has 2 amide bonds. The summed E-state index contributed by atoms with van der Waals surface area (Å²) in [6.07, 6.45) is 0.516. The Bertz CT molecular complexity index is 1360. The topological polar surface area (TPSA) is 96.0 Å². The molecule has 1 atom stereocenters. The third-order valence-electron chi connectivity index (χ3n) is 6.41. The van der Waals surface area contributed by atoms with E-state index in [1.54, 1.807) is 43.3 Å². The van der Waals surface area contributed by atoms with Gasteiger partial charge < -0.3 is 15.0 Å². The molecule has 8 nitrogen and oxygen atoms in total. The molecule has 0 radical (unpaired) electrons. The van der Waals surface area contributed by atoms with Gasteiger partial charge in [-0.15, -0.1) is 0 Å². The lowest BCUT2D eigenvalue weighted by Crippen LogP contribution is -2.53. The van der Waals surface area contributed by atoms with E-state index in [4.69, 9.17) is 4.74 Å². The van der Waals surface area contributed by atoms with Gasteiger partial charge in [0, 0.05) is 12.6 Å². The molecule has 0 aromatic heterocycles. The molecule has 3 aromatic rings. The summed E-state index contributed by atoms with van der Waals surface area (Å²) in [6, 6.07) is 21.8. The highest BCUT2D eigenvalue weighted by molar-refractivity contribution is 7.92. The van der Waals surface area contributed by atoms with Gasteiger partial charge in [0.15, 0.2) is 0 Å². The van der Waals surface area contributed by atoms with Gasteiger partial charge in [-0.3, -0.25) is 13.9 Å². The van der Waals surface area contributed by atoms with Gasteiger partial charge in [0.2, 0.25) is 11.8 Å². The minimum Gasteiger partial charge on any atom is -0.494 e. The van der Waals surface area contributed by atoms with E-state index in [0.717, 1.165) is 15.4 Å². The lowest BCUT2D eigenvalue weighted by atomic mass is 10.1. The maximum Gasteiger partial charge on any atom is 0.264 e. The van der Waals surface area contributed by atoms with Crippen LogP contribution < -0.4 is 14.4 Å². The van der Waals surface area contributed by atoms with Gasteiger partial charge in [0.05, 0.1) is 17.2 Å². The van der Waals surface area contributed by atoms with Crippen molar-refractivity contribution < 1.29 is 22.7 Å². The summed E-state index contributed by atoms with van der Waals surface area (Å²) in [5.74, 6) is -0.221. The number of nitrogens with zero attached hydrogens (tertiary/aromatic N) is 2. The minimum absolute atomic E-state index is 0.0331. The van der Waals surface area contributed by atoms with Crippen molar-refractivity contribution in [2.75, 3.05) is 24.0 Å². The van der Waals surface area contributed by atoms with Crippen LogP contribution in [0.15, 0.2) is 83.8 Å². The first-order valence-electron chi connectivity index (χ1n) is 13.5. The number of benzene rings is 3. The Hall–Kier alpha value is -3.85. The molecule has 0 aliphatic rings. The Morgan fingerprint density at radius 3 is 2.10 bits per heavy atom. The molecule has 0 spiro atoms. The van der Waals surface area contributed by atoms with Crippen LogP contribution in [0.2, 0.25) is 0 Å². The van der Waals surface area contributed by atoms with Crippen LogP contribution in [-0.4, -0.2) is 56.9 Å². The molecule has 0 saturated carbocycles. The Morgan fingerprint density at radius 1 is 0.900 bits per heavy atom. The van der Waals surface area contributed by atoms with Crippen molar-refractivity contribution in [3.8, 4) is 5.75 Å². The summed E-state index contributed by atoms with van der Waals surface area (Å²) >= 11 is 0. The number of sulfonamides is 1. The third kappa shape index (κ3) is 8.08. The van der Waals surface area contributed by atoms with Gasteiger partial charge in [-0.05, 0) is 83.0 Å². The summed E-state index contributed by atoms with van der Waals surface area (Å²) < 4.78 is 34.4. The molecular formula is C31H39N3O5S. The molecule has 0 fully saturated rings. The molecule has 40 heavy (non-hydrogen) atoms. The smallest absolute Gasteiger partial charge is 0.264 e. The van der Waals surface area contributed by atoms with E-state index in [9.17, 15) is 18.0 Å². The van der Waals surface area contributed by atoms with Crippen molar-refractivity contribution in [1.82, 2.24) is 10.2 Å². The van der Waals surface area contributed by atoms with Crippen molar-refractivity contribution in [3.63, 3.8) is 0 Å². The quantitative estimate of drug-likeness (QED) is 0.328. The largest absolute Gasteiger partial charge is 0.494 e. The van der Waals surface area contributed by atoms with Gasteiger partial charge in [-0.1, -0.05) is 48.0 Å². The van der Waals surface area contributed by atoms with E-state index in [0.29, 0.717) is 24.5 Å². The lowest BCUT2D eigenvalue weighted by molar-refractivity contribution is -0.139. The first-order valence-corrected chi connectivity index (χ1v) is 14.9. The van der Waals surface area contributed by atoms with Crippen LogP contribution in [0.5, 0.6) is 5.75 Å². The molecule has 0 heterocycles. The Morgan fingerprint density at radius 2 is 1.52 bits per heavy atom. The number of amides is 2. The van der Waals surface area contributed by atoms with Crippen molar-refractivity contribution in [2.45, 2.75) is 58.0 Å². The lowest BCUT2D eigenvalue weighted by Gasteiger charge is -2.32. The van der Waals surface area contributed by atoms with Crippen LogP contribution in [0.3, 0.4) is 0 Å². The first-order chi connectivity index (χ1) is 19.0. The van der Waals surface area contributed by atoms with E-state index >= 15 is 0 Å². The minimum atomic E-state index is -4.13. The highest BCUT2D eigenvalue weighted by Gasteiger charge is 2.32. The van der Waals surface area contributed by atoms with Gasteiger partial charge in [0.25, 0.3) is 10.0 Å². The zero-order chi connectivity index (χ0) is 29.3. The van der Waals surface area contributed by atoms with E-state index in [2.05, 4.69) is 5.32 Å². The van der Waals surface area contributed by atoms with Crippen LogP contribution in [0.25, 0.3) is 0 Å². The fourth-order valence-electron chi connectivity index (χ4n) is 4.22. The van der Waals surface area contributed by atoms with Crippen molar-refractivity contribution in [3.05, 3.63) is 90.0 Å². The second-order valence-electron chi connectivity index (χ2n) is 9.91. The van der Waals surface area contributed by atoms with Crippen molar-refractivity contribution in [1.29, 1.82) is 0 Å². The number of hydrogen-bond donors (Lipinski definition) is 1. The zero-order valence-corrected chi connectivity index (χ0v) is 24.6. The second-order valence-corrected chi connectivity index (χ2v) is 11.8. The molecule has 214 valence electrons. The highest BCUT2D eigenvalue weighted by Crippen LogP contribution is 2.26. The predicted octanol–water partition coefficient (Wildman–Crippen LogP) is 4.57. The van der Waals surface area contributed by atoms with Gasteiger partial charge >= 0.3 is 0 Å². The van der Waals surface area contributed by atoms with Crippen LogP contribution in [0.1, 0.15) is 38.8 Å². The Kier molecular flexibility index (Phi) is 10.7. The second kappa shape index (κ2) is 14.0. The molecule has 9 heteroatoms. The summed E-state index contributed by atoms with van der Waals surface area (Å²) in [4.78, 5) is 28.3. The molecular weight excluding hydrogens is 526 g/mol. The average Bonchev–Trinajstić information content (AvgIpc) is 2.93. The molecule has 0 aliphatic heterocycles. The van der Waals surface area contributed by atoms with Crippen LogP contribution in [0, 0.1) is 6.92 Å². The van der Waals surface area contributed by atoms with E-state index < -0.39 is 28.5 Å². The molecule has 0 unspecified atom stereocenters. The number of rotatable bonds is 13. The van der Waals surface area contributed by atoms with Crippen molar-refractivity contribution in [2.24, 2.45) is 0 Å². The molecule has 0 saturated heterocycles. The number of carbonyl (C=O) groups is 2. The summed E-state index contributed by atoms with van der Waals surface area (Å²) in [5, 5.41) is 2.86. The number of anilines is 1. The zero-order valence-electron chi connectivity index (χ0n) is 23.8. The summed E-state index contributed by atoms with van der Waals surface area (Å²) in [6.45, 7) is 9.36. The third-order valence-corrected chi connectivity index (χ3v) is 8.19. The van der Waals surface area contributed by atoms with Crippen LogP contribution in [-0.2, 0) is 26.0 Å². The van der Waals surface area contributed by atoms with Gasteiger partial charge in [0.1, 0.15) is 18.3 Å². The van der Waals surface area contributed by atoms with Crippen LogP contribution in [0.4, 0.5) is 5.69 Å². The maximum absolute atomic E-state index is 13.9. The Labute approximate surface area is 238 Å². The number of ether oxygens (including phenoxy) is 1. The number of nitrogens with one attached hydrogen (secondary N) is 1. The molecule has 1 N–H and O–H groups in total. The van der Waals surface area contributed by atoms with Gasteiger partial charge in [-0.25, -0.2) is 8.42 Å². The summed E-state index contributed by atoms with van der Waals surface area (Å²) in [7, 11) is -4.13. The first kappa shape index (κ1) is 30.7. The SMILES string of the molecule is CCOc1ccc(S(=O)(=O)N(CC(=O)N(CCc2ccccc2)[C@H](C)C(=O)NC(C)C)c2ccc(C)cc2)cc1. The monoisotopic (exact) mass is 565 g/mol. The van der Waals surface area contributed by atoms with Crippen LogP contribution >= 0.6 is 0 Å². The predicted molar refractivity (Wildman–Crippen MR) is 158 cm³/mol. The van der Waals surface area contributed by atoms with Crippen molar-refractivity contribution >= 4 is 27.5 Å². The fourth-order valence-corrected chi connectivity index (χ4v) is 5.63. The van der Waals surface area contributed by atoms with E-state index in [1.165, 1.54) is 17.0 Å². The van der Waals surface area contributed by atoms with E-state index in [-0.39, 0.29) is 23.4 Å². The van der Waals surface area contributed by atoms with E-state index in [1.807, 2.05) is 58.0 Å². The molecule has 3 aromatic carbocycles. The number of aryl methyl sites for hydroxylation is 1. The fraction of sp³-hybridized carbons (Fsp3) is 0.355. The molecule has 0 bridgehead atoms. The highest BCUT2D eigenvalue weighted by atomic mass is 32.2. The molecule has 3 rings (SSSR count). The van der Waals surface area contributed by atoms with Gasteiger partial charge in [-0.2, -0.15) is 0 Å². The average molecular weight is 566 g/mol. The maximum atomic E-state index is 13.9.